The zero-order chi connectivity index (χ0) is 53.8. The minimum absolute atomic E-state index is 0.0264. The second-order valence-corrected chi connectivity index (χ2v) is 18.9. The van der Waals surface area contributed by atoms with E-state index in [1.54, 1.807) is 12.1 Å². The van der Waals surface area contributed by atoms with Gasteiger partial charge in [0.2, 0.25) is 17.8 Å². The summed E-state index contributed by atoms with van der Waals surface area (Å²) in [6, 6.07) is 5.83. The Morgan fingerprint density at radius 3 is 2.14 bits per heavy atom. The van der Waals surface area contributed by atoms with Gasteiger partial charge in [-0.3, -0.25) is 39.0 Å². The summed E-state index contributed by atoms with van der Waals surface area (Å²) < 4.78 is 79.3. The summed E-state index contributed by atoms with van der Waals surface area (Å²) in [7, 11) is 2.63. The Bertz CT molecular complexity index is 2580. The number of imide groups is 2. The average molecular weight is 1070 g/mol. The minimum Gasteiger partial charge on any atom is -0.495 e. The fourth-order valence-corrected chi connectivity index (χ4v) is 9.88. The molecule has 3 fully saturated rings. The van der Waals surface area contributed by atoms with Gasteiger partial charge >= 0.3 is 5.92 Å². The van der Waals surface area contributed by atoms with E-state index in [1.165, 1.54) is 37.4 Å². The maximum Gasteiger partial charge on any atom is 0.342 e. The van der Waals surface area contributed by atoms with Crippen LogP contribution in [-0.4, -0.2) is 192 Å². The number of anilines is 5. The van der Waals surface area contributed by atoms with Crippen LogP contribution in [0.15, 0.2) is 36.5 Å². The van der Waals surface area contributed by atoms with E-state index in [2.05, 4.69) is 36.1 Å². The van der Waals surface area contributed by atoms with Gasteiger partial charge in [-0.15, -0.1) is 0 Å². The van der Waals surface area contributed by atoms with Crippen LogP contribution in [0.3, 0.4) is 0 Å². The van der Waals surface area contributed by atoms with Crippen molar-refractivity contribution in [2.24, 2.45) is 0 Å². The first kappa shape index (κ1) is 55.7. The molecule has 22 nitrogen and oxygen atoms in total. The molecule has 5 heterocycles. The van der Waals surface area contributed by atoms with Crippen molar-refractivity contribution in [3.8, 4) is 5.75 Å². The van der Waals surface area contributed by atoms with Gasteiger partial charge in [0.05, 0.1) is 108 Å². The van der Waals surface area contributed by atoms with Crippen molar-refractivity contribution in [3.05, 3.63) is 59.0 Å². The van der Waals surface area contributed by atoms with Crippen LogP contribution in [0.5, 0.6) is 5.75 Å². The molecule has 4 aliphatic heterocycles. The van der Waals surface area contributed by atoms with E-state index in [9.17, 15) is 28.8 Å². The van der Waals surface area contributed by atoms with Crippen molar-refractivity contribution in [1.29, 1.82) is 0 Å². The normalized spacial score (nSPS) is 19.2. The number of hydrogen-bond donors (Lipinski definition) is 4. The summed E-state index contributed by atoms with van der Waals surface area (Å²) >= 11 is 0. The first-order chi connectivity index (χ1) is 36.7. The Hall–Kier alpha value is -6.51. The summed E-state index contributed by atoms with van der Waals surface area (Å²) in [5.74, 6) is -8.34. The second kappa shape index (κ2) is 26.0. The Morgan fingerprint density at radius 2 is 1.49 bits per heavy atom. The molecule has 76 heavy (non-hydrogen) atoms. The monoisotopic (exact) mass is 1070 g/mol. The van der Waals surface area contributed by atoms with Gasteiger partial charge < -0.3 is 59.1 Å². The fraction of sp³-hybridized carbons (Fsp3) is 0.569. The topological polar surface area (TPSA) is 245 Å². The highest BCUT2D eigenvalue weighted by atomic mass is 19.3. The molecule has 1 saturated carbocycles. The third kappa shape index (κ3) is 13.5. The zero-order valence-electron chi connectivity index (χ0n) is 42.7. The van der Waals surface area contributed by atoms with Crippen LogP contribution >= 0.6 is 0 Å². The second-order valence-electron chi connectivity index (χ2n) is 18.9. The Balaban J connectivity index is 0.640. The number of methoxy groups -OCH3 is 1. The van der Waals surface area contributed by atoms with E-state index < -0.39 is 59.8 Å². The number of fused-ring (bicyclic) bond motifs is 2. The number of alkyl halides is 2. The number of carbonyl (C=O) groups excluding carboxylic acids is 6. The molecule has 412 valence electrons. The maximum absolute atomic E-state index is 15.6. The van der Waals surface area contributed by atoms with Gasteiger partial charge in [0.15, 0.2) is 5.82 Å². The standard InChI is InChI=1S/C51H65F3N10O12/c1-61-40-30-56-50(60-44(40)63(33-6-3-4-7-33)31-51(53,54)49(61)70)58-38-29-36(52)35(28-41(38)71-2)45(66)57-32-12-15-62(16-13-32)17-19-73-21-23-75-25-27-76-26-24-74-22-20-72-18-14-55-37-9-5-8-34-43(37)48(69)64(47(34)68)39-10-11-42(65)59-46(39)67/h5,8-9,28-30,32-33,39,55H,3-4,6-7,10-27,31H2,1-2H3,(H,57,66)(H,56,58,60)(H,59,65,67). The molecule has 8 rings (SSSR count). The number of benzene rings is 2. The van der Waals surface area contributed by atoms with Crippen LogP contribution in [0.25, 0.3) is 0 Å². The summed E-state index contributed by atoms with van der Waals surface area (Å²) in [6.45, 7) is 5.56. The first-order valence-corrected chi connectivity index (χ1v) is 25.7. The molecule has 0 spiro atoms. The number of rotatable bonds is 26. The molecular weight excluding hydrogens is 1000 g/mol. The maximum atomic E-state index is 15.6. The van der Waals surface area contributed by atoms with Crippen LogP contribution < -0.4 is 35.8 Å². The van der Waals surface area contributed by atoms with Crippen LogP contribution in [-0.2, 0) is 38.1 Å². The number of amides is 6. The number of carbonyl (C=O) groups is 6. The lowest BCUT2D eigenvalue weighted by Gasteiger charge is -2.32. The molecule has 6 amide bonds. The third-order valence-corrected chi connectivity index (χ3v) is 13.9. The predicted molar refractivity (Wildman–Crippen MR) is 269 cm³/mol. The molecule has 25 heteroatoms. The van der Waals surface area contributed by atoms with Crippen LogP contribution in [0.2, 0.25) is 0 Å². The van der Waals surface area contributed by atoms with E-state index in [0.717, 1.165) is 28.7 Å². The lowest BCUT2D eigenvalue weighted by Crippen LogP contribution is -2.54. The molecular formula is C51H65F3N10O12. The number of aromatic nitrogens is 2. The van der Waals surface area contributed by atoms with Crippen molar-refractivity contribution in [1.82, 2.24) is 30.4 Å². The van der Waals surface area contributed by atoms with Crippen LogP contribution in [0.4, 0.5) is 42.0 Å². The van der Waals surface area contributed by atoms with E-state index in [-0.39, 0.29) is 70.5 Å². The van der Waals surface area contributed by atoms with Gasteiger partial charge in [-0.25, -0.2) is 9.37 Å². The Kier molecular flexibility index (Phi) is 19.1. The molecule has 0 radical (unpaired) electrons. The van der Waals surface area contributed by atoms with Crippen LogP contribution in [0.1, 0.15) is 82.4 Å². The van der Waals surface area contributed by atoms with Gasteiger partial charge in [-0.05, 0) is 50.3 Å². The highest BCUT2D eigenvalue weighted by Gasteiger charge is 2.49. The fourth-order valence-electron chi connectivity index (χ4n) is 9.88. The van der Waals surface area contributed by atoms with Gasteiger partial charge in [0.25, 0.3) is 23.6 Å². The largest absolute Gasteiger partial charge is 0.495 e. The quantitative estimate of drug-likeness (QED) is 0.0664. The molecule has 5 aliphatic rings. The third-order valence-electron chi connectivity index (χ3n) is 13.9. The molecule has 0 bridgehead atoms. The molecule has 1 aliphatic carbocycles. The number of likely N-dealkylation sites (tertiary alicyclic amines) is 1. The van der Waals surface area contributed by atoms with Gasteiger partial charge in [0, 0.05) is 63.5 Å². The van der Waals surface area contributed by atoms with E-state index in [1.807, 2.05) is 0 Å². The number of hydrogen-bond acceptors (Lipinski definition) is 18. The minimum atomic E-state index is -3.64. The van der Waals surface area contributed by atoms with Gasteiger partial charge in [-0.1, -0.05) is 18.9 Å². The first-order valence-electron chi connectivity index (χ1n) is 25.7. The van der Waals surface area contributed by atoms with E-state index in [0.29, 0.717) is 124 Å². The Labute approximate surface area is 437 Å². The number of nitrogens with zero attached hydrogens (tertiary/aromatic N) is 6. The zero-order valence-corrected chi connectivity index (χ0v) is 42.7. The number of ether oxygens (including phenoxy) is 6. The van der Waals surface area contributed by atoms with Crippen LogP contribution in [0, 0.1) is 5.82 Å². The average Bonchev–Trinajstić information content (AvgIpc) is 4.05. The summed E-state index contributed by atoms with van der Waals surface area (Å²) in [5, 5.41) is 11.2. The van der Waals surface area contributed by atoms with Crippen molar-refractivity contribution in [3.63, 3.8) is 0 Å². The van der Waals surface area contributed by atoms with Crippen molar-refractivity contribution >= 4 is 64.3 Å². The molecule has 4 N–H and O–H groups in total. The molecule has 1 atom stereocenters. The SMILES string of the molecule is COc1cc(C(=O)NC2CCN(CCOCCOCCOCCOCCOCCNc3cccc4c3C(=O)N(C3CCC(=O)NC3=O)C4=O)CC2)c(F)cc1Nc1ncc2c(n1)N(C1CCCC1)CC(F)(F)C(=O)N2C. The van der Waals surface area contributed by atoms with Gasteiger partial charge in [-0.2, -0.15) is 13.8 Å². The highest BCUT2D eigenvalue weighted by molar-refractivity contribution is 6.25. The number of halogens is 3. The number of piperidine rings is 2. The van der Waals surface area contributed by atoms with Crippen molar-refractivity contribution < 1.29 is 70.4 Å². The molecule has 1 aromatic heterocycles. The lowest BCUT2D eigenvalue weighted by atomic mass is 10.0. The lowest BCUT2D eigenvalue weighted by molar-refractivity contribution is -0.140. The molecule has 2 saturated heterocycles. The summed E-state index contributed by atoms with van der Waals surface area (Å²) in [4.78, 5) is 90.5. The summed E-state index contributed by atoms with van der Waals surface area (Å²) in [6.07, 6.45) is 5.84. The molecule has 3 aromatic rings. The summed E-state index contributed by atoms with van der Waals surface area (Å²) in [5.41, 5.74) is 0.892. The van der Waals surface area contributed by atoms with Crippen molar-refractivity contribution in [2.45, 2.75) is 75.4 Å². The van der Waals surface area contributed by atoms with Gasteiger partial charge in [0.1, 0.15) is 23.3 Å². The van der Waals surface area contributed by atoms with E-state index in [4.69, 9.17) is 28.4 Å². The van der Waals surface area contributed by atoms with E-state index >= 15 is 13.2 Å². The highest BCUT2D eigenvalue weighted by Crippen LogP contribution is 2.40. The smallest absolute Gasteiger partial charge is 0.342 e. The number of nitrogens with one attached hydrogen (secondary N) is 4. The predicted octanol–water partition coefficient (Wildman–Crippen LogP) is 3.52. The Morgan fingerprint density at radius 1 is 0.829 bits per heavy atom. The van der Waals surface area contributed by atoms with Crippen molar-refractivity contribution in [2.75, 3.05) is 133 Å². The molecule has 2 aromatic carbocycles. The molecule has 1 unspecified atom stereocenters.